The summed E-state index contributed by atoms with van der Waals surface area (Å²) in [5.41, 5.74) is 3.86. The second kappa shape index (κ2) is 11.4. The van der Waals surface area contributed by atoms with Crippen LogP contribution >= 0.6 is 0 Å². The number of fused-ring (bicyclic) bond motifs is 7. The van der Waals surface area contributed by atoms with Gasteiger partial charge in [-0.25, -0.2) is 9.59 Å². The Kier molecular flexibility index (Phi) is 8.46. The maximum absolute atomic E-state index is 12.9. The fraction of sp³-hybridized carbons (Fsp3) is 0.684. The molecular weight excluding hydrogens is 532 g/mol. The summed E-state index contributed by atoms with van der Waals surface area (Å²) in [4.78, 5) is 26.0. The molecule has 0 radical (unpaired) electrons. The Morgan fingerprint density at radius 2 is 1.60 bits per heavy atom. The monoisotopic (exact) mass is 588 g/mol. The highest BCUT2D eigenvalue weighted by Gasteiger charge is 2.68. The SMILES string of the molecule is C=CC.CC1C(c2ccc(C(=O)O)cc2)=CCC2(C)C1CCC1(C)C2CCC2C3CCCC3(NC(=O)N(C)C)CC[C@]21C. The number of urea groups is 1. The summed E-state index contributed by atoms with van der Waals surface area (Å²) in [5, 5.41) is 12.9. The topological polar surface area (TPSA) is 69.6 Å². The van der Waals surface area contributed by atoms with Crippen molar-refractivity contribution in [2.24, 2.45) is 45.8 Å². The largest absolute Gasteiger partial charge is 0.478 e. The normalized spacial score (nSPS) is 41.1. The number of carbonyl (C=O) groups excluding carboxylic acids is 1. The van der Waals surface area contributed by atoms with E-state index in [2.05, 4.69) is 45.7 Å². The van der Waals surface area contributed by atoms with Crippen molar-refractivity contribution in [1.29, 1.82) is 0 Å². The van der Waals surface area contributed by atoms with Gasteiger partial charge in [0.25, 0.3) is 0 Å². The lowest BCUT2D eigenvalue weighted by Gasteiger charge is -2.71. The van der Waals surface area contributed by atoms with Gasteiger partial charge in [0.15, 0.2) is 0 Å². The molecule has 0 bridgehead atoms. The zero-order chi connectivity index (χ0) is 31.4. The predicted molar refractivity (Wildman–Crippen MR) is 176 cm³/mol. The minimum absolute atomic E-state index is 0.0109. The molecule has 236 valence electrons. The number of hydrogen-bond donors (Lipinski definition) is 2. The Morgan fingerprint density at radius 3 is 2.23 bits per heavy atom. The molecule has 4 fully saturated rings. The van der Waals surface area contributed by atoms with Gasteiger partial charge >= 0.3 is 12.0 Å². The molecule has 5 aliphatic carbocycles. The number of carbonyl (C=O) groups is 2. The quantitative estimate of drug-likeness (QED) is 0.346. The number of nitrogens with one attached hydrogen (secondary N) is 1. The zero-order valence-corrected chi connectivity index (χ0v) is 27.8. The highest BCUT2D eigenvalue weighted by Crippen LogP contribution is 2.75. The molecule has 1 aromatic rings. The van der Waals surface area contributed by atoms with Crippen molar-refractivity contribution in [3.63, 3.8) is 0 Å². The van der Waals surface area contributed by atoms with Crippen molar-refractivity contribution in [2.45, 2.75) is 104 Å². The van der Waals surface area contributed by atoms with E-state index in [0.717, 1.165) is 19.3 Å². The molecule has 0 aliphatic heterocycles. The van der Waals surface area contributed by atoms with Crippen LogP contribution < -0.4 is 5.32 Å². The van der Waals surface area contributed by atoms with Gasteiger partial charge in [0.1, 0.15) is 0 Å². The third-order valence-electron chi connectivity index (χ3n) is 13.8. The molecule has 0 heterocycles. The number of rotatable bonds is 3. The second-order valence-corrected chi connectivity index (χ2v) is 15.6. The van der Waals surface area contributed by atoms with Gasteiger partial charge in [0.2, 0.25) is 0 Å². The Balaban J connectivity index is 0.00000118. The van der Waals surface area contributed by atoms with Crippen molar-refractivity contribution in [3.8, 4) is 0 Å². The molecule has 9 atom stereocenters. The summed E-state index contributed by atoms with van der Waals surface area (Å²) in [6.07, 6.45) is 16.5. The summed E-state index contributed by atoms with van der Waals surface area (Å²) >= 11 is 0. The predicted octanol–water partition coefficient (Wildman–Crippen LogP) is 9.06. The van der Waals surface area contributed by atoms with E-state index in [4.69, 9.17) is 0 Å². The lowest BCUT2D eigenvalue weighted by atomic mass is 9.34. The number of allylic oxidation sites excluding steroid dienone is 3. The summed E-state index contributed by atoms with van der Waals surface area (Å²) in [7, 11) is 3.73. The number of carboxylic acid groups (broad SMARTS) is 1. The van der Waals surface area contributed by atoms with Crippen molar-refractivity contribution >= 4 is 17.6 Å². The van der Waals surface area contributed by atoms with Crippen LogP contribution in [0.15, 0.2) is 43.0 Å². The van der Waals surface area contributed by atoms with Crippen LogP contribution in [0.2, 0.25) is 0 Å². The number of hydrogen-bond acceptors (Lipinski definition) is 2. The van der Waals surface area contributed by atoms with Crippen molar-refractivity contribution < 1.29 is 14.7 Å². The van der Waals surface area contributed by atoms with Crippen LogP contribution in [-0.2, 0) is 0 Å². The first kappa shape index (κ1) is 31.9. The van der Waals surface area contributed by atoms with Gasteiger partial charge in [0.05, 0.1) is 5.56 Å². The summed E-state index contributed by atoms with van der Waals surface area (Å²) in [5.74, 6) is 2.26. The molecule has 2 amide bonds. The van der Waals surface area contributed by atoms with Gasteiger partial charge in [-0.05, 0) is 134 Å². The Hall–Kier alpha value is -2.56. The number of benzene rings is 1. The third-order valence-corrected chi connectivity index (χ3v) is 13.8. The molecule has 5 aliphatic rings. The maximum atomic E-state index is 12.9. The number of amides is 2. The minimum atomic E-state index is -0.863. The van der Waals surface area contributed by atoms with Gasteiger partial charge < -0.3 is 15.3 Å². The first-order valence-electron chi connectivity index (χ1n) is 16.9. The Bertz CT molecular complexity index is 1270. The smallest absolute Gasteiger partial charge is 0.335 e. The molecular formula is C38H56N2O3. The van der Waals surface area contributed by atoms with Gasteiger partial charge in [-0.3, -0.25) is 0 Å². The van der Waals surface area contributed by atoms with E-state index in [-0.39, 0.29) is 17.0 Å². The first-order valence-corrected chi connectivity index (χ1v) is 16.9. The number of nitrogens with zero attached hydrogens (tertiary/aromatic N) is 1. The molecule has 4 saturated carbocycles. The van der Waals surface area contributed by atoms with Gasteiger partial charge in [-0.2, -0.15) is 0 Å². The molecule has 5 nitrogen and oxygen atoms in total. The maximum Gasteiger partial charge on any atom is 0.335 e. The highest BCUT2D eigenvalue weighted by molar-refractivity contribution is 5.88. The van der Waals surface area contributed by atoms with E-state index in [1.54, 1.807) is 23.1 Å². The molecule has 0 aromatic heterocycles. The lowest BCUT2D eigenvalue weighted by Crippen LogP contribution is -2.67. The molecule has 8 unspecified atom stereocenters. The average Bonchev–Trinajstić information content (AvgIpc) is 3.37. The molecule has 5 heteroatoms. The summed E-state index contributed by atoms with van der Waals surface area (Å²) in [6.45, 7) is 15.6. The number of carboxylic acids is 1. The number of aromatic carboxylic acids is 1. The highest BCUT2D eigenvalue weighted by atomic mass is 16.4. The van der Waals surface area contributed by atoms with Gasteiger partial charge in [0, 0.05) is 19.6 Å². The molecule has 43 heavy (non-hydrogen) atoms. The summed E-state index contributed by atoms with van der Waals surface area (Å²) in [6, 6.07) is 7.62. The van der Waals surface area contributed by atoms with E-state index in [1.807, 2.05) is 33.2 Å². The van der Waals surface area contributed by atoms with Crippen molar-refractivity contribution in [3.05, 3.63) is 54.1 Å². The average molecular weight is 589 g/mol. The molecule has 6 rings (SSSR count). The Labute approximate surface area is 260 Å². The van der Waals surface area contributed by atoms with Crippen LogP contribution in [0.5, 0.6) is 0 Å². The van der Waals surface area contributed by atoms with Crippen molar-refractivity contribution in [2.75, 3.05) is 14.1 Å². The van der Waals surface area contributed by atoms with E-state index in [0.29, 0.717) is 46.0 Å². The van der Waals surface area contributed by atoms with Gasteiger partial charge in [-0.1, -0.05) is 58.4 Å². The lowest BCUT2D eigenvalue weighted by molar-refractivity contribution is -0.210. The second-order valence-electron chi connectivity index (χ2n) is 15.6. The van der Waals surface area contributed by atoms with Crippen LogP contribution in [-0.4, -0.2) is 41.6 Å². The minimum Gasteiger partial charge on any atom is -0.478 e. The molecule has 0 saturated heterocycles. The van der Waals surface area contributed by atoms with Crippen LogP contribution in [0.4, 0.5) is 4.79 Å². The van der Waals surface area contributed by atoms with E-state index >= 15 is 0 Å². The molecule has 2 N–H and O–H groups in total. The Morgan fingerprint density at radius 1 is 0.930 bits per heavy atom. The van der Waals surface area contributed by atoms with Crippen LogP contribution in [0.3, 0.4) is 0 Å². The van der Waals surface area contributed by atoms with Crippen LogP contribution in [0.25, 0.3) is 5.57 Å². The van der Waals surface area contributed by atoms with Crippen LogP contribution in [0, 0.1) is 45.8 Å². The van der Waals surface area contributed by atoms with Crippen LogP contribution in [0.1, 0.15) is 115 Å². The zero-order valence-electron chi connectivity index (χ0n) is 27.8. The molecule has 0 spiro atoms. The first-order chi connectivity index (χ1) is 20.3. The van der Waals surface area contributed by atoms with E-state index < -0.39 is 5.97 Å². The fourth-order valence-corrected chi connectivity index (χ4v) is 11.5. The van der Waals surface area contributed by atoms with Crippen molar-refractivity contribution in [1.82, 2.24) is 10.2 Å². The van der Waals surface area contributed by atoms with Gasteiger partial charge in [-0.15, -0.1) is 6.58 Å². The third kappa shape index (κ3) is 4.88. The standard InChI is InChI=1S/C35H50N2O3.C3H6/c1-22-25(23-9-11-24(12-10-23)30(38)39)15-18-32(2)26(22)16-19-34(4)29(32)14-13-27-28-8-7-17-35(28,21-20-33(27,34)3)36-31(40)37(5)6;1-3-2/h9-12,15,22,26-29H,7-8,13-14,16-21H2,1-6H3,(H,36,40)(H,38,39);3H,1H2,2H3/t22?,26?,27?,28?,29?,32?,33-,34?,35?;/m1./s1. The fourth-order valence-electron chi connectivity index (χ4n) is 11.5. The van der Waals surface area contributed by atoms with E-state index in [1.165, 1.54) is 56.1 Å². The van der Waals surface area contributed by atoms with E-state index in [9.17, 15) is 14.7 Å². The molecule has 1 aromatic carbocycles. The summed E-state index contributed by atoms with van der Waals surface area (Å²) < 4.78 is 0.